The largest absolute Gasteiger partial charge is 0.384 e. The van der Waals surface area contributed by atoms with Crippen LogP contribution in [0.25, 0.3) is 11.1 Å². The molecule has 1 aliphatic rings. The van der Waals surface area contributed by atoms with Crippen molar-refractivity contribution in [1.82, 2.24) is 10.2 Å². The Morgan fingerprint density at radius 2 is 2.11 bits per heavy atom. The van der Waals surface area contributed by atoms with Crippen LogP contribution in [0.2, 0.25) is 0 Å². The Bertz CT molecular complexity index is 735. The predicted octanol–water partition coefficient (Wildman–Crippen LogP) is 2.36. The molecule has 1 heterocycles. The SMILES string of the molecule is Nc1[nH]ncc1-c1ccc(S(=O)(=O)C2CC2)c(Br)c1. The fraction of sp³-hybridized carbons (Fsp3) is 0.250. The van der Waals surface area contributed by atoms with E-state index in [1.165, 1.54) is 0 Å². The standard InChI is InChI=1S/C12H12BrN3O2S/c13-10-5-7(9-6-15-16-12(9)14)1-4-11(10)19(17,18)8-2-3-8/h1,4-6,8H,2-3H2,(H3,14,15,16). The lowest BCUT2D eigenvalue weighted by atomic mass is 10.1. The van der Waals surface area contributed by atoms with Crippen molar-refractivity contribution in [1.29, 1.82) is 0 Å². The molecule has 1 fully saturated rings. The predicted molar refractivity (Wildman–Crippen MR) is 76.3 cm³/mol. The molecule has 1 saturated carbocycles. The number of hydrogen-bond donors (Lipinski definition) is 2. The van der Waals surface area contributed by atoms with E-state index < -0.39 is 9.84 Å². The first-order valence-electron chi connectivity index (χ1n) is 5.83. The molecule has 3 N–H and O–H groups in total. The topological polar surface area (TPSA) is 88.8 Å². The summed E-state index contributed by atoms with van der Waals surface area (Å²) in [6.07, 6.45) is 3.13. The molecule has 0 bridgehead atoms. The third-order valence-electron chi connectivity index (χ3n) is 3.18. The number of anilines is 1. The zero-order valence-electron chi connectivity index (χ0n) is 9.93. The van der Waals surface area contributed by atoms with Gasteiger partial charge in [0.15, 0.2) is 9.84 Å². The van der Waals surface area contributed by atoms with Gasteiger partial charge in [-0.1, -0.05) is 6.07 Å². The average molecular weight is 342 g/mol. The first-order chi connectivity index (χ1) is 9.00. The molecule has 100 valence electrons. The van der Waals surface area contributed by atoms with Gasteiger partial charge in [0, 0.05) is 10.0 Å². The maximum atomic E-state index is 12.2. The number of benzene rings is 1. The van der Waals surface area contributed by atoms with Gasteiger partial charge in [0.25, 0.3) is 0 Å². The number of aromatic nitrogens is 2. The van der Waals surface area contributed by atoms with Crippen LogP contribution in [0, 0.1) is 0 Å². The van der Waals surface area contributed by atoms with Crippen molar-refractivity contribution in [3.05, 3.63) is 28.9 Å². The van der Waals surface area contributed by atoms with Gasteiger partial charge in [-0.2, -0.15) is 5.10 Å². The number of nitrogens with zero attached hydrogens (tertiary/aromatic N) is 1. The van der Waals surface area contributed by atoms with E-state index in [0.29, 0.717) is 15.2 Å². The van der Waals surface area contributed by atoms with E-state index in [9.17, 15) is 8.42 Å². The summed E-state index contributed by atoms with van der Waals surface area (Å²) in [5, 5.41) is 6.29. The molecular formula is C12H12BrN3O2S. The minimum atomic E-state index is -3.19. The van der Waals surface area contributed by atoms with Crippen molar-refractivity contribution in [2.24, 2.45) is 0 Å². The Balaban J connectivity index is 2.06. The average Bonchev–Trinajstić information content (AvgIpc) is 3.13. The third-order valence-corrected chi connectivity index (χ3v) is 6.42. The lowest BCUT2D eigenvalue weighted by molar-refractivity contribution is 0.594. The minimum Gasteiger partial charge on any atom is -0.384 e. The number of sulfone groups is 1. The van der Waals surface area contributed by atoms with Gasteiger partial charge >= 0.3 is 0 Å². The van der Waals surface area contributed by atoms with E-state index in [2.05, 4.69) is 26.1 Å². The summed E-state index contributed by atoms with van der Waals surface area (Å²) in [5.74, 6) is 0.463. The number of nitrogens with two attached hydrogens (primary N) is 1. The molecule has 1 aliphatic carbocycles. The fourth-order valence-corrected chi connectivity index (χ4v) is 4.74. The van der Waals surface area contributed by atoms with Gasteiger partial charge in [-0.3, -0.25) is 5.10 Å². The van der Waals surface area contributed by atoms with E-state index in [1.54, 1.807) is 24.4 Å². The molecule has 5 nitrogen and oxygen atoms in total. The Labute approximate surface area is 119 Å². The zero-order valence-corrected chi connectivity index (χ0v) is 12.3. The van der Waals surface area contributed by atoms with Gasteiger partial charge in [0.05, 0.1) is 16.3 Å². The Hall–Kier alpha value is -1.34. The quantitative estimate of drug-likeness (QED) is 0.896. The highest BCUT2D eigenvalue weighted by Gasteiger charge is 2.37. The Morgan fingerprint density at radius 3 is 2.63 bits per heavy atom. The van der Waals surface area contributed by atoms with Crippen LogP contribution >= 0.6 is 15.9 Å². The summed E-state index contributed by atoms with van der Waals surface area (Å²) in [6.45, 7) is 0. The number of halogens is 1. The third kappa shape index (κ3) is 2.17. The molecule has 0 aliphatic heterocycles. The molecule has 1 aromatic carbocycles. The van der Waals surface area contributed by atoms with Gasteiger partial charge in [-0.15, -0.1) is 0 Å². The molecule has 0 saturated heterocycles. The maximum Gasteiger partial charge on any atom is 0.182 e. The zero-order chi connectivity index (χ0) is 13.6. The van der Waals surface area contributed by atoms with E-state index >= 15 is 0 Å². The van der Waals surface area contributed by atoms with Crippen molar-refractivity contribution < 1.29 is 8.42 Å². The second-order valence-corrected chi connectivity index (χ2v) is 7.64. The van der Waals surface area contributed by atoms with Crippen LogP contribution in [0.15, 0.2) is 33.8 Å². The van der Waals surface area contributed by atoms with Crippen molar-refractivity contribution >= 4 is 31.6 Å². The highest BCUT2D eigenvalue weighted by molar-refractivity contribution is 9.10. The molecule has 1 aromatic heterocycles. The van der Waals surface area contributed by atoms with Crippen LogP contribution in [0.5, 0.6) is 0 Å². The van der Waals surface area contributed by atoms with Crippen LogP contribution in [0.3, 0.4) is 0 Å². The summed E-state index contributed by atoms with van der Waals surface area (Å²) in [6, 6.07) is 5.14. The molecule has 2 aromatic rings. The summed E-state index contributed by atoms with van der Waals surface area (Å²) >= 11 is 3.34. The number of hydrogen-bond acceptors (Lipinski definition) is 4. The molecule has 0 radical (unpaired) electrons. The first-order valence-corrected chi connectivity index (χ1v) is 8.17. The van der Waals surface area contributed by atoms with Crippen LogP contribution < -0.4 is 5.73 Å². The van der Waals surface area contributed by atoms with Crippen LogP contribution in [0.1, 0.15) is 12.8 Å². The second-order valence-electron chi connectivity index (χ2n) is 4.59. The molecule has 0 atom stereocenters. The van der Waals surface area contributed by atoms with Crippen LogP contribution in [-0.2, 0) is 9.84 Å². The molecular weight excluding hydrogens is 330 g/mol. The van der Waals surface area contributed by atoms with Gasteiger partial charge in [0.1, 0.15) is 5.82 Å². The normalized spacial score (nSPS) is 15.6. The maximum absolute atomic E-state index is 12.2. The number of H-pyrrole nitrogens is 1. The second kappa shape index (κ2) is 4.35. The molecule has 0 amide bonds. The summed E-state index contributed by atoms with van der Waals surface area (Å²) in [4.78, 5) is 0.348. The highest BCUT2D eigenvalue weighted by Crippen LogP contribution is 2.38. The number of nitrogen functional groups attached to an aromatic ring is 1. The van der Waals surface area contributed by atoms with E-state index in [-0.39, 0.29) is 5.25 Å². The molecule has 0 spiro atoms. The lowest BCUT2D eigenvalue weighted by Gasteiger charge is -2.07. The molecule has 19 heavy (non-hydrogen) atoms. The van der Waals surface area contributed by atoms with Crippen molar-refractivity contribution in [3.63, 3.8) is 0 Å². The van der Waals surface area contributed by atoms with Gasteiger partial charge in [0.2, 0.25) is 0 Å². The Morgan fingerprint density at radius 1 is 1.37 bits per heavy atom. The number of rotatable bonds is 3. The number of nitrogens with one attached hydrogen (secondary N) is 1. The van der Waals surface area contributed by atoms with Crippen LogP contribution in [-0.4, -0.2) is 23.9 Å². The number of aromatic amines is 1. The smallest absolute Gasteiger partial charge is 0.182 e. The van der Waals surface area contributed by atoms with Crippen molar-refractivity contribution in [3.8, 4) is 11.1 Å². The molecule has 3 rings (SSSR count). The molecule has 7 heteroatoms. The van der Waals surface area contributed by atoms with Gasteiger partial charge < -0.3 is 5.73 Å². The van der Waals surface area contributed by atoms with E-state index in [0.717, 1.165) is 24.0 Å². The summed E-state index contributed by atoms with van der Waals surface area (Å²) < 4.78 is 25.0. The van der Waals surface area contributed by atoms with Crippen molar-refractivity contribution in [2.45, 2.75) is 23.0 Å². The van der Waals surface area contributed by atoms with Crippen LogP contribution in [0.4, 0.5) is 5.82 Å². The summed E-state index contributed by atoms with van der Waals surface area (Å²) in [5.41, 5.74) is 7.34. The first kappa shape index (κ1) is 12.7. The Kier molecular flexibility index (Phi) is 2.90. The minimum absolute atomic E-state index is 0.214. The van der Waals surface area contributed by atoms with Gasteiger partial charge in [-0.25, -0.2) is 8.42 Å². The monoisotopic (exact) mass is 341 g/mol. The highest BCUT2D eigenvalue weighted by atomic mass is 79.9. The van der Waals surface area contributed by atoms with E-state index in [1.807, 2.05) is 0 Å². The lowest BCUT2D eigenvalue weighted by Crippen LogP contribution is -2.07. The summed E-state index contributed by atoms with van der Waals surface area (Å²) in [7, 11) is -3.19. The van der Waals surface area contributed by atoms with Gasteiger partial charge in [-0.05, 0) is 46.5 Å². The van der Waals surface area contributed by atoms with E-state index in [4.69, 9.17) is 5.73 Å². The van der Waals surface area contributed by atoms with Crippen molar-refractivity contribution in [2.75, 3.05) is 5.73 Å². The fourth-order valence-electron chi connectivity index (χ4n) is 1.98. The molecule has 0 unspecified atom stereocenters.